The second kappa shape index (κ2) is 5.36. The number of aliphatic carboxylic acids is 1. The number of carboxylic acids is 1. The summed E-state index contributed by atoms with van der Waals surface area (Å²) in [4.78, 5) is 10.8. The van der Waals surface area contributed by atoms with Crippen LogP contribution in [-0.4, -0.2) is 36.2 Å². The van der Waals surface area contributed by atoms with Crippen molar-refractivity contribution in [3.8, 4) is 0 Å². The molecule has 2 aliphatic rings. The summed E-state index contributed by atoms with van der Waals surface area (Å²) in [6.45, 7) is 4.90. The average Bonchev–Trinajstić information content (AvgIpc) is 2.23. The van der Waals surface area contributed by atoms with E-state index >= 15 is 0 Å². The minimum Gasteiger partial charge on any atom is -0.481 e. The first kappa shape index (κ1) is 12.8. The molecule has 0 aromatic heterocycles. The van der Waals surface area contributed by atoms with E-state index in [2.05, 4.69) is 17.6 Å². The minimum atomic E-state index is -0.698. The molecule has 17 heavy (non-hydrogen) atoms. The highest BCUT2D eigenvalue weighted by atomic mass is 16.4. The molecule has 1 heterocycles. The van der Waals surface area contributed by atoms with Crippen LogP contribution in [0.5, 0.6) is 0 Å². The minimum absolute atomic E-state index is 0.172. The fourth-order valence-electron chi connectivity index (χ4n) is 2.92. The summed E-state index contributed by atoms with van der Waals surface area (Å²) in [7, 11) is 0. The van der Waals surface area contributed by atoms with Crippen molar-refractivity contribution in [2.75, 3.05) is 19.6 Å². The van der Waals surface area contributed by atoms with Gasteiger partial charge in [0.15, 0.2) is 0 Å². The molecule has 1 aliphatic carbocycles. The van der Waals surface area contributed by atoms with Crippen molar-refractivity contribution >= 4 is 5.97 Å². The highest BCUT2D eigenvalue weighted by Crippen LogP contribution is 2.28. The molecule has 0 amide bonds. The second-order valence-corrected chi connectivity index (χ2v) is 5.96. The normalized spacial score (nSPS) is 31.8. The van der Waals surface area contributed by atoms with E-state index in [-0.39, 0.29) is 12.0 Å². The van der Waals surface area contributed by atoms with Crippen LogP contribution in [0.1, 0.15) is 39.0 Å². The van der Waals surface area contributed by atoms with Gasteiger partial charge in [-0.05, 0) is 31.2 Å². The molecule has 3 N–H and O–H groups in total. The molecule has 0 bridgehead atoms. The topological polar surface area (TPSA) is 61.4 Å². The van der Waals surface area contributed by atoms with Gasteiger partial charge in [-0.2, -0.15) is 0 Å². The van der Waals surface area contributed by atoms with Gasteiger partial charge in [0.2, 0.25) is 0 Å². The lowest BCUT2D eigenvalue weighted by atomic mass is 9.81. The Bertz CT molecular complexity index is 269. The van der Waals surface area contributed by atoms with Gasteiger partial charge < -0.3 is 15.7 Å². The lowest BCUT2D eigenvalue weighted by molar-refractivity contribution is -0.139. The number of rotatable bonds is 5. The van der Waals surface area contributed by atoms with Crippen LogP contribution < -0.4 is 10.6 Å². The Morgan fingerprint density at radius 3 is 2.47 bits per heavy atom. The summed E-state index contributed by atoms with van der Waals surface area (Å²) in [5, 5.41) is 15.6. The van der Waals surface area contributed by atoms with Crippen molar-refractivity contribution in [1.82, 2.24) is 10.6 Å². The predicted octanol–water partition coefficient (Wildman–Crippen LogP) is 1.22. The molecule has 0 unspecified atom stereocenters. The van der Waals surface area contributed by atoms with Crippen LogP contribution >= 0.6 is 0 Å². The van der Waals surface area contributed by atoms with Gasteiger partial charge in [0.1, 0.15) is 0 Å². The number of hydrogen-bond donors (Lipinski definition) is 3. The SMILES string of the molecule is CC1CCC(CNC2(CC(=O)O)CNC2)CC1. The van der Waals surface area contributed by atoms with Crippen LogP contribution in [-0.2, 0) is 4.79 Å². The van der Waals surface area contributed by atoms with E-state index in [1.807, 2.05) is 0 Å². The molecule has 98 valence electrons. The predicted molar refractivity (Wildman–Crippen MR) is 67.0 cm³/mol. The first-order chi connectivity index (χ1) is 8.10. The highest BCUT2D eigenvalue weighted by molar-refractivity contribution is 5.68. The molecule has 0 aromatic carbocycles. The molecule has 0 aromatic rings. The third kappa shape index (κ3) is 3.42. The Morgan fingerprint density at radius 1 is 1.35 bits per heavy atom. The van der Waals surface area contributed by atoms with Crippen LogP contribution in [0.25, 0.3) is 0 Å². The van der Waals surface area contributed by atoms with E-state index in [9.17, 15) is 4.79 Å². The fraction of sp³-hybridized carbons (Fsp3) is 0.923. The first-order valence-electron chi connectivity index (χ1n) is 6.77. The maximum Gasteiger partial charge on any atom is 0.305 e. The van der Waals surface area contributed by atoms with Gasteiger partial charge in [-0.15, -0.1) is 0 Å². The van der Waals surface area contributed by atoms with Gasteiger partial charge in [0.25, 0.3) is 0 Å². The summed E-state index contributed by atoms with van der Waals surface area (Å²) < 4.78 is 0. The first-order valence-corrected chi connectivity index (χ1v) is 6.77. The molecule has 0 spiro atoms. The van der Waals surface area contributed by atoms with E-state index in [0.29, 0.717) is 0 Å². The molecule has 2 fully saturated rings. The molecule has 4 heteroatoms. The summed E-state index contributed by atoms with van der Waals surface area (Å²) >= 11 is 0. The molecule has 4 nitrogen and oxygen atoms in total. The van der Waals surface area contributed by atoms with Crippen molar-refractivity contribution in [2.24, 2.45) is 11.8 Å². The maximum atomic E-state index is 10.8. The summed E-state index contributed by atoms with van der Waals surface area (Å²) in [5.41, 5.74) is -0.172. The van der Waals surface area contributed by atoms with Crippen LogP contribution in [0.3, 0.4) is 0 Å². The van der Waals surface area contributed by atoms with Crippen LogP contribution in [0, 0.1) is 11.8 Å². The van der Waals surface area contributed by atoms with Gasteiger partial charge in [-0.3, -0.25) is 4.79 Å². The van der Waals surface area contributed by atoms with Gasteiger partial charge in [-0.1, -0.05) is 19.8 Å². The Morgan fingerprint density at radius 2 is 2.00 bits per heavy atom. The smallest absolute Gasteiger partial charge is 0.305 e. The van der Waals surface area contributed by atoms with Gasteiger partial charge in [0, 0.05) is 13.1 Å². The average molecular weight is 240 g/mol. The molecular formula is C13H24N2O2. The molecule has 1 saturated heterocycles. The molecule has 1 aliphatic heterocycles. The summed E-state index contributed by atoms with van der Waals surface area (Å²) in [6.07, 6.45) is 5.49. The maximum absolute atomic E-state index is 10.8. The number of carbonyl (C=O) groups is 1. The zero-order valence-electron chi connectivity index (χ0n) is 10.7. The van der Waals surface area contributed by atoms with Gasteiger partial charge >= 0.3 is 5.97 Å². The molecular weight excluding hydrogens is 216 g/mol. The Labute approximate surface area is 103 Å². The highest BCUT2D eigenvalue weighted by Gasteiger charge is 2.39. The van der Waals surface area contributed by atoms with E-state index < -0.39 is 5.97 Å². The van der Waals surface area contributed by atoms with Crippen molar-refractivity contribution in [3.05, 3.63) is 0 Å². The van der Waals surface area contributed by atoms with Gasteiger partial charge in [0.05, 0.1) is 12.0 Å². The van der Waals surface area contributed by atoms with Gasteiger partial charge in [-0.25, -0.2) is 0 Å². The number of hydrogen-bond acceptors (Lipinski definition) is 3. The Balaban J connectivity index is 1.74. The monoisotopic (exact) mass is 240 g/mol. The zero-order valence-corrected chi connectivity index (χ0v) is 10.7. The summed E-state index contributed by atoms with van der Waals surface area (Å²) in [5.74, 6) is 0.929. The third-order valence-electron chi connectivity index (χ3n) is 4.32. The third-order valence-corrected chi connectivity index (χ3v) is 4.32. The number of carboxylic acid groups (broad SMARTS) is 1. The standard InChI is InChI=1S/C13H24N2O2/c1-10-2-4-11(5-3-10)7-15-13(6-12(16)17)8-14-9-13/h10-11,14-15H,2-9H2,1H3,(H,16,17). The van der Waals surface area contributed by atoms with Crippen molar-refractivity contribution < 1.29 is 9.90 Å². The van der Waals surface area contributed by atoms with E-state index in [1.165, 1.54) is 25.7 Å². The fourth-order valence-corrected chi connectivity index (χ4v) is 2.92. The molecule has 1 saturated carbocycles. The zero-order chi connectivity index (χ0) is 12.3. The Hall–Kier alpha value is -0.610. The van der Waals surface area contributed by atoms with Crippen molar-refractivity contribution in [2.45, 2.75) is 44.6 Å². The van der Waals surface area contributed by atoms with E-state index in [0.717, 1.165) is 31.5 Å². The Kier molecular flexibility index (Phi) is 4.05. The second-order valence-electron chi connectivity index (χ2n) is 5.96. The van der Waals surface area contributed by atoms with Crippen LogP contribution in [0.4, 0.5) is 0 Å². The van der Waals surface area contributed by atoms with Crippen molar-refractivity contribution in [1.29, 1.82) is 0 Å². The van der Waals surface area contributed by atoms with Crippen LogP contribution in [0.15, 0.2) is 0 Å². The molecule has 2 rings (SSSR count). The van der Waals surface area contributed by atoms with Crippen LogP contribution in [0.2, 0.25) is 0 Å². The number of nitrogens with one attached hydrogen (secondary N) is 2. The molecule has 0 radical (unpaired) electrons. The van der Waals surface area contributed by atoms with E-state index in [4.69, 9.17) is 5.11 Å². The quantitative estimate of drug-likeness (QED) is 0.676. The lowest BCUT2D eigenvalue weighted by Gasteiger charge is -2.43. The lowest BCUT2D eigenvalue weighted by Crippen LogP contribution is -2.69. The summed E-state index contributed by atoms with van der Waals surface area (Å²) in [6, 6.07) is 0. The van der Waals surface area contributed by atoms with E-state index in [1.54, 1.807) is 0 Å². The molecule has 0 atom stereocenters. The largest absolute Gasteiger partial charge is 0.481 e. The van der Waals surface area contributed by atoms with Crippen molar-refractivity contribution in [3.63, 3.8) is 0 Å².